The molecule has 6 heteroatoms. The topological polar surface area (TPSA) is 62.3 Å². The summed E-state index contributed by atoms with van der Waals surface area (Å²) < 4.78 is 1.23. The van der Waals surface area contributed by atoms with Gasteiger partial charge >= 0.3 is 0 Å². The van der Waals surface area contributed by atoms with Crippen LogP contribution in [0.5, 0.6) is 0 Å². The van der Waals surface area contributed by atoms with Crippen LogP contribution in [0.1, 0.15) is 55.0 Å². The first-order chi connectivity index (χ1) is 14.1. The van der Waals surface area contributed by atoms with Gasteiger partial charge in [-0.2, -0.15) is 0 Å². The molecule has 3 unspecified atom stereocenters. The molecular formula is C23H31N3O2S. The van der Waals surface area contributed by atoms with Crippen molar-refractivity contribution in [1.29, 1.82) is 0 Å². The first kappa shape index (κ1) is 20.5. The van der Waals surface area contributed by atoms with Crippen molar-refractivity contribution in [3.8, 4) is 0 Å². The van der Waals surface area contributed by atoms with E-state index in [-0.39, 0.29) is 5.92 Å². The standard InChI is InChI=1S/C23H31N3O2S/c1-15(10-24-14-28)3-4-17(13-27)16-5-6-22-21(9-16)25-23(29-22)18-7-19-11-26(2)12-20(19)8-18/h5-6,9,13-15,17-20H,3-4,7-8,10-12H2,1-2H3,(H,24,28)/t15?,17-,18?,19?,20?/m0/s1. The molecule has 0 radical (unpaired) electrons. The Morgan fingerprint density at radius 2 is 2.00 bits per heavy atom. The smallest absolute Gasteiger partial charge is 0.207 e. The summed E-state index contributed by atoms with van der Waals surface area (Å²) in [5.74, 6) is 2.53. The number of hydrogen-bond acceptors (Lipinski definition) is 5. The molecule has 2 heterocycles. The normalized spacial score (nSPS) is 26.3. The van der Waals surface area contributed by atoms with Gasteiger partial charge in [-0.25, -0.2) is 4.98 Å². The second-order valence-electron chi connectivity index (χ2n) is 9.14. The van der Waals surface area contributed by atoms with Gasteiger partial charge in [0.1, 0.15) is 6.29 Å². The molecule has 2 aromatic rings. The van der Waals surface area contributed by atoms with Gasteiger partial charge in [0.2, 0.25) is 6.41 Å². The van der Waals surface area contributed by atoms with Crippen LogP contribution in [-0.2, 0) is 9.59 Å². The number of hydrogen-bond donors (Lipinski definition) is 1. The highest BCUT2D eigenvalue weighted by Crippen LogP contribution is 2.47. The van der Waals surface area contributed by atoms with Crippen LogP contribution in [0.25, 0.3) is 10.2 Å². The molecule has 29 heavy (non-hydrogen) atoms. The van der Waals surface area contributed by atoms with Crippen LogP contribution >= 0.6 is 11.3 Å². The van der Waals surface area contributed by atoms with E-state index in [9.17, 15) is 9.59 Å². The van der Waals surface area contributed by atoms with Crippen molar-refractivity contribution in [1.82, 2.24) is 15.2 Å². The van der Waals surface area contributed by atoms with Crippen LogP contribution < -0.4 is 5.32 Å². The number of fused-ring (bicyclic) bond motifs is 2. The zero-order valence-corrected chi connectivity index (χ0v) is 18.2. The fraction of sp³-hybridized carbons (Fsp3) is 0.609. The third-order valence-electron chi connectivity index (χ3n) is 6.82. The van der Waals surface area contributed by atoms with Crippen molar-refractivity contribution in [2.75, 3.05) is 26.7 Å². The number of aromatic nitrogens is 1. The van der Waals surface area contributed by atoms with Gasteiger partial charge in [-0.1, -0.05) is 13.0 Å². The lowest BCUT2D eigenvalue weighted by Gasteiger charge is -2.14. The molecule has 0 bridgehead atoms. The zero-order valence-electron chi connectivity index (χ0n) is 17.3. The Morgan fingerprint density at radius 3 is 2.69 bits per heavy atom. The van der Waals surface area contributed by atoms with Gasteiger partial charge in [-0.15, -0.1) is 11.3 Å². The van der Waals surface area contributed by atoms with Crippen LogP contribution in [0, 0.1) is 17.8 Å². The van der Waals surface area contributed by atoms with Gasteiger partial charge in [0.25, 0.3) is 0 Å². The Bertz CT molecular complexity index is 853. The summed E-state index contributed by atoms with van der Waals surface area (Å²) in [6.07, 6.45) is 6.04. The Kier molecular flexibility index (Phi) is 6.30. The van der Waals surface area contributed by atoms with Gasteiger partial charge in [0.15, 0.2) is 0 Å². The molecule has 1 aromatic heterocycles. The SMILES string of the molecule is CC(CC[C@@H](C=O)c1ccc2sc(C3CC4CN(C)CC4C3)nc2c1)CNC=O. The van der Waals surface area contributed by atoms with E-state index < -0.39 is 0 Å². The molecule has 1 aliphatic heterocycles. The molecular weight excluding hydrogens is 382 g/mol. The number of rotatable bonds is 9. The zero-order chi connectivity index (χ0) is 20.4. The van der Waals surface area contributed by atoms with E-state index >= 15 is 0 Å². The average molecular weight is 414 g/mol. The summed E-state index contributed by atoms with van der Waals surface area (Å²) in [5.41, 5.74) is 2.10. The van der Waals surface area contributed by atoms with E-state index in [1.807, 2.05) is 11.3 Å². The highest BCUT2D eigenvalue weighted by atomic mass is 32.1. The third-order valence-corrected chi connectivity index (χ3v) is 8.02. The summed E-state index contributed by atoms with van der Waals surface area (Å²) >= 11 is 1.83. The lowest BCUT2D eigenvalue weighted by atomic mass is 9.92. The summed E-state index contributed by atoms with van der Waals surface area (Å²) in [4.78, 5) is 29.6. The molecule has 4 rings (SSSR count). The number of likely N-dealkylation sites (tertiary alicyclic amines) is 1. The average Bonchev–Trinajstić information content (AvgIpc) is 3.38. The van der Waals surface area contributed by atoms with Crippen molar-refractivity contribution in [3.63, 3.8) is 0 Å². The number of amides is 1. The van der Waals surface area contributed by atoms with E-state index in [1.165, 1.54) is 35.6 Å². The predicted octanol–water partition coefficient (Wildman–Crippen LogP) is 3.80. The quantitative estimate of drug-likeness (QED) is 0.635. The summed E-state index contributed by atoms with van der Waals surface area (Å²) in [7, 11) is 2.23. The minimum atomic E-state index is -0.107. The first-order valence-corrected chi connectivity index (χ1v) is 11.6. The lowest BCUT2D eigenvalue weighted by Crippen LogP contribution is -2.19. The van der Waals surface area contributed by atoms with Crippen molar-refractivity contribution in [2.24, 2.45) is 17.8 Å². The summed E-state index contributed by atoms with van der Waals surface area (Å²) in [5, 5.41) is 4.00. The Balaban J connectivity index is 1.44. The van der Waals surface area contributed by atoms with Crippen LogP contribution in [0.4, 0.5) is 0 Å². The second kappa shape index (κ2) is 8.92. The molecule has 1 saturated carbocycles. The summed E-state index contributed by atoms with van der Waals surface area (Å²) in [6.45, 7) is 5.22. The number of nitrogens with one attached hydrogen (secondary N) is 1. The minimum Gasteiger partial charge on any atom is -0.358 e. The number of benzene rings is 1. The maximum absolute atomic E-state index is 11.7. The number of carbonyl (C=O) groups excluding carboxylic acids is 2. The van der Waals surface area contributed by atoms with Crippen molar-refractivity contribution < 1.29 is 9.59 Å². The lowest BCUT2D eigenvalue weighted by molar-refractivity contribution is -0.110. The Hall–Kier alpha value is -1.79. The fourth-order valence-electron chi connectivity index (χ4n) is 5.23. The van der Waals surface area contributed by atoms with Crippen LogP contribution in [0.15, 0.2) is 18.2 Å². The molecule has 5 nitrogen and oxygen atoms in total. The maximum Gasteiger partial charge on any atom is 0.207 e. The molecule has 4 atom stereocenters. The number of thiazole rings is 1. The van der Waals surface area contributed by atoms with E-state index in [4.69, 9.17) is 4.98 Å². The van der Waals surface area contributed by atoms with E-state index in [0.717, 1.165) is 48.5 Å². The number of carbonyl (C=O) groups is 2. The van der Waals surface area contributed by atoms with Crippen molar-refractivity contribution in [2.45, 2.75) is 44.4 Å². The number of aldehydes is 1. The molecule has 1 aliphatic carbocycles. The molecule has 1 amide bonds. The van der Waals surface area contributed by atoms with Crippen LogP contribution in [0.3, 0.4) is 0 Å². The molecule has 2 fully saturated rings. The minimum absolute atomic E-state index is 0.107. The van der Waals surface area contributed by atoms with Gasteiger partial charge in [-0.05, 0) is 68.2 Å². The highest BCUT2D eigenvalue weighted by molar-refractivity contribution is 7.18. The monoisotopic (exact) mass is 413 g/mol. The van der Waals surface area contributed by atoms with Gasteiger partial charge < -0.3 is 15.0 Å². The second-order valence-corrected chi connectivity index (χ2v) is 10.2. The predicted molar refractivity (Wildman–Crippen MR) is 117 cm³/mol. The van der Waals surface area contributed by atoms with Gasteiger partial charge in [0, 0.05) is 31.5 Å². The van der Waals surface area contributed by atoms with Crippen LogP contribution in [-0.4, -0.2) is 49.3 Å². The van der Waals surface area contributed by atoms with E-state index in [2.05, 4.69) is 42.4 Å². The van der Waals surface area contributed by atoms with E-state index in [0.29, 0.717) is 18.4 Å². The van der Waals surface area contributed by atoms with Gasteiger partial charge in [-0.3, -0.25) is 4.79 Å². The maximum atomic E-state index is 11.7. The molecule has 1 saturated heterocycles. The molecule has 0 spiro atoms. The Labute approximate surface area is 176 Å². The molecule has 2 aliphatic rings. The van der Waals surface area contributed by atoms with Crippen molar-refractivity contribution >= 4 is 34.2 Å². The molecule has 156 valence electrons. The first-order valence-electron chi connectivity index (χ1n) is 10.8. The van der Waals surface area contributed by atoms with Crippen molar-refractivity contribution in [3.05, 3.63) is 28.8 Å². The molecule has 1 aromatic carbocycles. The number of nitrogens with zero attached hydrogens (tertiary/aromatic N) is 2. The van der Waals surface area contributed by atoms with Crippen LogP contribution in [0.2, 0.25) is 0 Å². The summed E-state index contributed by atoms with van der Waals surface area (Å²) in [6, 6.07) is 6.35. The highest BCUT2D eigenvalue weighted by Gasteiger charge is 2.41. The third kappa shape index (κ3) is 4.53. The van der Waals surface area contributed by atoms with Gasteiger partial charge in [0.05, 0.1) is 15.2 Å². The van der Waals surface area contributed by atoms with E-state index in [1.54, 1.807) is 0 Å². The fourth-order valence-corrected chi connectivity index (χ4v) is 6.31. The molecule has 1 N–H and O–H groups in total. The Morgan fingerprint density at radius 1 is 1.24 bits per heavy atom. The largest absolute Gasteiger partial charge is 0.358 e.